The van der Waals surface area contributed by atoms with E-state index < -0.39 is 0 Å². The summed E-state index contributed by atoms with van der Waals surface area (Å²) >= 11 is 7.64. The van der Waals surface area contributed by atoms with Crippen molar-refractivity contribution in [2.75, 3.05) is 6.54 Å². The van der Waals surface area contributed by atoms with Crippen molar-refractivity contribution in [2.24, 2.45) is 0 Å². The number of para-hydroxylation sites is 1. The van der Waals surface area contributed by atoms with E-state index >= 15 is 0 Å². The third-order valence-electron chi connectivity index (χ3n) is 4.24. The number of carbonyl (C=O) groups is 1. The molecule has 1 amide bonds. The van der Waals surface area contributed by atoms with Gasteiger partial charge in [0, 0.05) is 41.6 Å². The van der Waals surface area contributed by atoms with E-state index in [1.54, 1.807) is 12.4 Å². The molecule has 1 aromatic carbocycles. The van der Waals surface area contributed by atoms with E-state index in [1.165, 1.54) is 22.7 Å². The molecule has 132 valence electrons. The van der Waals surface area contributed by atoms with Gasteiger partial charge in [0.2, 0.25) is 0 Å². The highest BCUT2D eigenvalue weighted by molar-refractivity contribution is 8.04. The van der Waals surface area contributed by atoms with Gasteiger partial charge in [0.1, 0.15) is 15.4 Å². The molecule has 3 N–H and O–H groups in total. The molecule has 0 bridgehead atoms. The van der Waals surface area contributed by atoms with E-state index in [9.17, 15) is 4.79 Å². The standard InChI is InChI=1S/C19H17ClN4OS/c20-17-16(26-19(24-17)13-4-3-8-21-10-13)18(25)22-9-7-12-11-23-15-6-2-1-5-14(12)15/h1-6,8,10-11,19,23-24H,7,9H2,(H,22,25). The van der Waals surface area contributed by atoms with Gasteiger partial charge < -0.3 is 15.6 Å². The highest BCUT2D eigenvalue weighted by atomic mass is 35.5. The van der Waals surface area contributed by atoms with Crippen molar-refractivity contribution < 1.29 is 4.79 Å². The molecule has 3 heterocycles. The smallest absolute Gasteiger partial charge is 0.260 e. The number of fused-ring (bicyclic) bond motifs is 1. The predicted octanol–water partition coefficient (Wildman–Crippen LogP) is 3.66. The molecule has 0 spiro atoms. The average Bonchev–Trinajstić information content (AvgIpc) is 3.26. The fourth-order valence-electron chi connectivity index (χ4n) is 2.94. The van der Waals surface area contributed by atoms with Gasteiger partial charge in [-0.1, -0.05) is 47.6 Å². The van der Waals surface area contributed by atoms with Crippen LogP contribution in [0.3, 0.4) is 0 Å². The zero-order valence-corrected chi connectivity index (χ0v) is 15.4. The third-order valence-corrected chi connectivity index (χ3v) is 5.90. The van der Waals surface area contributed by atoms with Crippen molar-refractivity contribution in [1.82, 2.24) is 20.6 Å². The molecule has 3 aromatic rings. The Kier molecular flexibility index (Phi) is 4.86. The van der Waals surface area contributed by atoms with Gasteiger partial charge in [0.15, 0.2) is 0 Å². The second kappa shape index (κ2) is 7.43. The summed E-state index contributed by atoms with van der Waals surface area (Å²) in [6.07, 6.45) is 6.24. The van der Waals surface area contributed by atoms with Gasteiger partial charge in [-0.2, -0.15) is 0 Å². The Labute approximate surface area is 160 Å². The monoisotopic (exact) mass is 384 g/mol. The number of nitrogens with zero attached hydrogens (tertiary/aromatic N) is 1. The molecule has 1 aliphatic rings. The summed E-state index contributed by atoms with van der Waals surface area (Å²) < 4.78 is 0. The number of thioether (sulfide) groups is 1. The largest absolute Gasteiger partial charge is 0.361 e. The van der Waals surface area contributed by atoms with Gasteiger partial charge in [-0.3, -0.25) is 9.78 Å². The van der Waals surface area contributed by atoms with Crippen LogP contribution in [0.4, 0.5) is 0 Å². The molecule has 26 heavy (non-hydrogen) atoms. The van der Waals surface area contributed by atoms with Crippen LogP contribution in [0.1, 0.15) is 16.5 Å². The number of nitrogens with one attached hydrogen (secondary N) is 3. The molecule has 5 nitrogen and oxygen atoms in total. The van der Waals surface area contributed by atoms with Crippen LogP contribution in [-0.2, 0) is 11.2 Å². The van der Waals surface area contributed by atoms with Gasteiger partial charge in [-0.05, 0) is 24.1 Å². The number of amides is 1. The molecule has 2 aromatic heterocycles. The molecule has 0 saturated carbocycles. The number of aromatic nitrogens is 2. The number of pyridine rings is 1. The number of rotatable bonds is 5. The topological polar surface area (TPSA) is 69.8 Å². The van der Waals surface area contributed by atoms with Crippen molar-refractivity contribution in [3.05, 3.63) is 76.2 Å². The van der Waals surface area contributed by atoms with Crippen LogP contribution in [0.25, 0.3) is 10.9 Å². The molecule has 0 radical (unpaired) electrons. The van der Waals surface area contributed by atoms with Crippen molar-refractivity contribution >= 4 is 40.2 Å². The number of hydrogen-bond acceptors (Lipinski definition) is 4. The van der Waals surface area contributed by atoms with Crippen LogP contribution >= 0.6 is 23.4 Å². The zero-order valence-electron chi connectivity index (χ0n) is 13.8. The normalized spacial score (nSPS) is 16.7. The Balaban J connectivity index is 1.35. The Morgan fingerprint density at radius 3 is 3.00 bits per heavy atom. The lowest BCUT2D eigenvalue weighted by atomic mass is 10.1. The number of H-pyrrole nitrogens is 1. The number of halogens is 1. The van der Waals surface area contributed by atoms with Gasteiger partial charge >= 0.3 is 0 Å². The molecule has 0 saturated heterocycles. The van der Waals surface area contributed by atoms with Crippen LogP contribution in [0, 0.1) is 0 Å². The van der Waals surface area contributed by atoms with Crippen molar-refractivity contribution in [3.8, 4) is 0 Å². The molecule has 0 fully saturated rings. The van der Waals surface area contributed by atoms with Crippen molar-refractivity contribution in [3.63, 3.8) is 0 Å². The van der Waals surface area contributed by atoms with Crippen LogP contribution in [0.5, 0.6) is 0 Å². The first kappa shape index (κ1) is 17.0. The van der Waals surface area contributed by atoms with E-state index in [0.717, 1.165) is 17.5 Å². The van der Waals surface area contributed by atoms with Crippen LogP contribution in [0.15, 0.2) is 65.1 Å². The average molecular weight is 385 g/mol. The van der Waals surface area contributed by atoms with E-state index in [2.05, 4.69) is 26.7 Å². The molecular formula is C19H17ClN4OS. The molecule has 1 unspecified atom stereocenters. The van der Waals surface area contributed by atoms with Gasteiger partial charge in [-0.15, -0.1) is 0 Å². The lowest BCUT2D eigenvalue weighted by Gasteiger charge is -2.10. The molecule has 4 rings (SSSR count). The molecular weight excluding hydrogens is 368 g/mol. The highest BCUT2D eigenvalue weighted by Gasteiger charge is 2.29. The Bertz CT molecular complexity index is 970. The second-order valence-electron chi connectivity index (χ2n) is 5.94. The Morgan fingerprint density at radius 1 is 1.27 bits per heavy atom. The second-order valence-corrected chi connectivity index (χ2v) is 7.43. The summed E-state index contributed by atoms with van der Waals surface area (Å²) in [5.41, 5.74) is 3.28. The minimum absolute atomic E-state index is 0.0921. The molecule has 1 atom stereocenters. The quantitative estimate of drug-likeness (QED) is 0.587. The van der Waals surface area contributed by atoms with E-state index in [-0.39, 0.29) is 11.3 Å². The number of hydrogen-bond donors (Lipinski definition) is 3. The van der Waals surface area contributed by atoms with Gasteiger partial charge in [0.05, 0.1) is 0 Å². The van der Waals surface area contributed by atoms with E-state index in [0.29, 0.717) is 16.6 Å². The SMILES string of the molecule is O=C(NCCc1c[nH]c2ccccc12)C1=C(Cl)NC(c2cccnc2)S1. The van der Waals surface area contributed by atoms with Crippen molar-refractivity contribution in [2.45, 2.75) is 11.8 Å². The summed E-state index contributed by atoms with van der Waals surface area (Å²) in [6, 6.07) is 12.0. The maximum atomic E-state index is 12.5. The van der Waals surface area contributed by atoms with Crippen LogP contribution in [-0.4, -0.2) is 22.4 Å². The van der Waals surface area contributed by atoms with Gasteiger partial charge in [-0.25, -0.2) is 0 Å². The van der Waals surface area contributed by atoms with E-state index in [1.807, 2.05) is 36.5 Å². The minimum Gasteiger partial charge on any atom is -0.361 e. The minimum atomic E-state index is -0.154. The fraction of sp³-hybridized carbons (Fsp3) is 0.158. The fourth-order valence-corrected chi connectivity index (χ4v) is 4.37. The lowest BCUT2D eigenvalue weighted by Crippen LogP contribution is -2.26. The molecule has 0 aliphatic carbocycles. The first-order valence-corrected chi connectivity index (χ1v) is 9.54. The number of aromatic amines is 1. The summed E-state index contributed by atoms with van der Waals surface area (Å²) in [5, 5.41) is 7.57. The first-order valence-electron chi connectivity index (χ1n) is 8.28. The highest BCUT2D eigenvalue weighted by Crippen LogP contribution is 2.41. The maximum Gasteiger partial charge on any atom is 0.260 e. The molecule has 1 aliphatic heterocycles. The lowest BCUT2D eigenvalue weighted by molar-refractivity contribution is -0.116. The summed E-state index contributed by atoms with van der Waals surface area (Å²) in [6.45, 7) is 0.548. The number of benzene rings is 1. The van der Waals surface area contributed by atoms with Crippen molar-refractivity contribution in [1.29, 1.82) is 0 Å². The zero-order chi connectivity index (χ0) is 17.9. The maximum absolute atomic E-state index is 12.5. The van der Waals surface area contributed by atoms with Crippen LogP contribution < -0.4 is 10.6 Å². The predicted molar refractivity (Wildman–Crippen MR) is 106 cm³/mol. The summed E-state index contributed by atoms with van der Waals surface area (Å²) in [5.74, 6) is -0.154. The van der Waals surface area contributed by atoms with Crippen LogP contribution in [0.2, 0.25) is 0 Å². The Hall–Kier alpha value is -2.44. The first-order chi connectivity index (χ1) is 12.7. The van der Waals surface area contributed by atoms with E-state index in [4.69, 9.17) is 11.6 Å². The third kappa shape index (κ3) is 3.43. The number of carbonyl (C=O) groups excluding carboxylic acids is 1. The summed E-state index contributed by atoms with van der Waals surface area (Å²) in [7, 11) is 0. The van der Waals surface area contributed by atoms with Gasteiger partial charge in [0.25, 0.3) is 5.91 Å². The summed E-state index contributed by atoms with van der Waals surface area (Å²) in [4.78, 5) is 20.4. The Morgan fingerprint density at radius 2 is 2.15 bits per heavy atom. The molecule has 7 heteroatoms.